The van der Waals surface area contributed by atoms with Crippen molar-refractivity contribution in [3.05, 3.63) is 167 Å². The molecule has 0 saturated carbocycles. The second kappa shape index (κ2) is 37.6. The van der Waals surface area contributed by atoms with Crippen molar-refractivity contribution in [1.29, 1.82) is 0 Å². The molecule has 99 heavy (non-hydrogen) atoms. The van der Waals surface area contributed by atoms with Gasteiger partial charge >= 0.3 is 0 Å². The Labute approximate surface area is 595 Å². The van der Waals surface area contributed by atoms with Crippen molar-refractivity contribution in [2.45, 2.75) is 214 Å². The monoisotopic (exact) mass is 1360 g/mol. The highest BCUT2D eigenvalue weighted by Gasteiger charge is 2.21. The van der Waals surface area contributed by atoms with Gasteiger partial charge in [0.2, 0.25) is 0 Å². The number of nitrogens with two attached hydrogens (primary N) is 19. The lowest BCUT2D eigenvalue weighted by Crippen LogP contribution is -2.13. The van der Waals surface area contributed by atoms with Crippen LogP contribution in [-0.2, 0) is 18.3 Å². The highest BCUT2D eigenvalue weighted by atomic mass is 14.8. The molecular formula is C80H131N19. The van der Waals surface area contributed by atoms with Crippen molar-refractivity contribution < 1.29 is 0 Å². The van der Waals surface area contributed by atoms with Gasteiger partial charge in [-0.3, -0.25) is 0 Å². The van der Waals surface area contributed by atoms with Crippen LogP contribution in [0, 0.1) is 62.3 Å². The molecule has 8 rings (SSSR count). The summed E-state index contributed by atoms with van der Waals surface area (Å²) in [6, 6.07) is 23.0. The topological polar surface area (TPSA) is 494 Å². The zero-order valence-corrected chi connectivity index (χ0v) is 64.7. The van der Waals surface area contributed by atoms with Crippen LogP contribution in [0.15, 0.2) is 72.8 Å². The Hall–Kier alpha value is -10.0. The maximum absolute atomic E-state index is 6.28. The summed E-state index contributed by atoms with van der Waals surface area (Å²) in [7, 11) is 0. The van der Waals surface area contributed by atoms with Gasteiger partial charge in [0.05, 0.1) is 34.1 Å². The smallest absolute Gasteiger partial charge is 0.0781 e. The van der Waals surface area contributed by atoms with E-state index in [1.54, 1.807) is 24.3 Å². The first-order chi connectivity index (χ1) is 45.5. The molecule has 19 nitrogen and oxygen atoms in total. The summed E-state index contributed by atoms with van der Waals surface area (Å²) in [5.41, 5.74) is 142. The highest BCUT2D eigenvalue weighted by molar-refractivity contribution is 5.80. The van der Waals surface area contributed by atoms with Gasteiger partial charge in [0, 0.05) is 79.5 Å². The third-order valence-electron chi connectivity index (χ3n) is 17.9. The van der Waals surface area contributed by atoms with E-state index < -0.39 is 0 Å². The van der Waals surface area contributed by atoms with Gasteiger partial charge in [-0.2, -0.15) is 0 Å². The molecule has 0 saturated heterocycles. The summed E-state index contributed by atoms with van der Waals surface area (Å²) in [6.45, 7) is 49.7. The molecule has 0 aromatic heterocycles. The van der Waals surface area contributed by atoms with Crippen LogP contribution in [0.3, 0.4) is 0 Å². The average molecular weight is 1360 g/mol. The first-order valence-electron chi connectivity index (χ1n) is 34.0. The molecule has 8 aromatic rings. The van der Waals surface area contributed by atoms with Crippen molar-refractivity contribution >= 4 is 108 Å². The van der Waals surface area contributed by atoms with Gasteiger partial charge in [-0.25, -0.2) is 0 Å². The number of hydrogen-bond donors (Lipinski definition) is 19. The van der Waals surface area contributed by atoms with Crippen molar-refractivity contribution in [3.63, 3.8) is 0 Å². The molecule has 0 spiro atoms. The molecule has 0 aliphatic carbocycles. The molecule has 0 atom stereocenters. The molecule has 0 bridgehead atoms. The highest BCUT2D eigenvalue weighted by Crippen LogP contribution is 2.40. The minimum Gasteiger partial charge on any atom is -0.398 e. The lowest BCUT2D eigenvalue weighted by molar-refractivity contribution is 0.591. The molecule has 546 valence electrons. The standard InChI is InChI=1S/C15H26N2.C12H20N2.C11H18N2.C10H17N3.C9H15N3.C9H14N2.C8H12N2.C6H9N3/c1-8(2)11-7-12(9(3)4)15(17)13(10(5)6)14(11)16;1-7(2)9-5-10(8(3)4)12(14)6-11(9)13;1-4-8-6-7(3)10(12)9(5-2)11(8)13;1-10(2,3)6-4-7(11)9(13)8(12)5-6;1-4-7(10)5(2)9(12)6(3)8(4)11;1-5-4-6(2)9(11)7(3)8(5)10;1-5-3-6(2)8(10)4-7(5)9;7-4-2-1-3-5(8)6(4)9/h7-10H,16-17H2,1-6H3;5-8H,13-14H2,1-4H3;6H,4-5,12-13H2,1-3H3;4-5H,11-13H2,1-3H3;10-12H2,1-3H3;4H,10-11H2,1-3H3;3-4H,9-10H2,1-2H3;1-3H,7-9H2. The summed E-state index contributed by atoms with van der Waals surface area (Å²) in [6.07, 6.45) is 1.88. The molecule has 8 aromatic carbocycles. The van der Waals surface area contributed by atoms with Crippen LogP contribution in [0.2, 0.25) is 0 Å². The SMILES string of the molecule is CC(C)(C)c1cc(N)c(N)c(N)c1.CC(C)c1cc(C(C)C)c(N)c(C(C)C)c1N.CC(C)c1cc(C(C)C)c(N)cc1N.CCc1cc(C)c(N)c(CC)c1N.Cc1c(N)c(C)c(N)c(C)c1N.Cc1cc(C)c(N)c(C)c1N.Cc1cc(C)c(N)cc1N.Nc1cccc(N)c1N. The van der Waals surface area contributed by atoms with Crippen molar-refractivity contribution in [2.75, 3.05) is 109 Å². The molecule has 38 N–H and O–H groups in total. The van der Waals surface area contributed by atoms with Gasteiger partial charge in [-0.15, -0.1) is 0 Å². The predicted molar refractivity (Wildman–Crippen MR) is 446 cm³/mol. The number of aryl methyl sites for hydroxylation is 6. The van der Waals surface area contributed by atoms with E-state index in [4.69, 9.17) is 109 Å². The van der Waals surface area contributed by atoms with Crippen LogP contribution in [-0.4, -0.2) is 0 Å². The Morgan fingerprint density at radius 1 is 0.273 bits per heavy atom. The molecule has 0 heterocycles. The van der Waals surface area contributed by atoms with Gasteiger partial charge < -0.3 is 109 Å². The van der Waals surface area contributed by atoms with Gasteiger partial charge in [0.15, 0.2) is 0 Å². The van der Waals surface area contributed by atoms with Gasteiger partial charge in [0.1, 0.15) is 0 Å². The lowest BCUT2D eigenvalue weighted by atomic mass is 9.86. The van der Waals surface area contributed by atoms with Crippen LogP contribution in [0.25, 0.3) is 0 Å². The summed E-state index contributed by atoms with van der Waals surface area (Å²) >= 11 is 0. The van der Waals surface area contributed by atoms with E-state index >= 15 is 0 Å². The van der Waals surface area contributed by atoms with Crippen LogP contribution in [0.1, 0.15) is 228 Å². The Kier molecular flexibility index (Phi) is 33.1. The number of nitrogen functional groups attached to an aromatic ring is 19. The minimum atomic E-state index is 0.0515. The molecule has 0 fully saturated rings. The van der Waals surface area contributed by atoms with Gasteiger partial charge in [0.25, 0.3) is 0 Å². The predicted octanol–water partition coefficient (Wildman–Crippen LogP) is 16.4. The van der Waals surface area contributed by atoms with Crippen LogP contribution in [0.4, 0.5) is 108 Å². The summed E-state index contributed by atoms with van der Waals surface area (Å²) < 4.78 is 0. The number of benzene rings is 8. The first-order valence-corrected chi connectivity index (χ1v) is 34.0. The molecule has 0 aliphatic rings. The summed E-state index contributed by atoms with van der Waals surface area (Å²) in [4.78, 5) is 0. The molecule has 0 aliphatic heterocycles. The third-order valence-corrected chi connectivity index (χ3v) is 17.9. The van der Waals surface area contributed by atoms with E-state index in [9.17, 15) is 0 Å². The normalized spacial score (nSPS) is 10.7. The molecular weight excluding hydrogens is 1230 g/mol. The molecule has 19 heteroatoms. The first kappa shape index (κ1) is 87.0. The Bertz CT molecular complexity index is 3710. The van der Waals surface area contributed by atoms with Crippen LogP contribution < -0.4 is 109 Å². The fourth-order valence-electron chi connectivity index (χ4n) is 10.8. The van der Waals surface area contributed by atoms with E-state index in [1.807, 2.05) is 92.6 Å². The molecule has 0 radical (unpaired) electrons. The van der Waals surface area contributed by atoms with E-state index in [-0.39, 0.29) is 5.41 Å². The van der Waals surface area contributed by atoms with Crippen molar-refractivity contribution in [2.24, 2.45) is 0 Å². The largest absolute Gasteiger partial charge is 0.398 e. The van der Waals surface area contributed by atoms with E-state index in [2.05, 4.69) is 122 Å². The summed E-state index contributed by atoms with van der Waals surface area (Å²) in [5, 5.41) is 0. The number of rotatable bonds is 7. The van der Waals surface area contributed by atoms with Crippen molar-refractivity contribution in [1.82, 2.24) is 0 Å². The van der Waals surface area contributed by atoms with E-state index in [1.165, 1.54) is 27.8 Å². The van der Waals surface area contributed by atoms with Crippen LogP contribution >= 0.6 is 0 Å². The zero-order chi connectivity index (χ0) is 77.1. The lowest BCUT2D eigenvalue weighted by Gasteiger charge is -2.23. The molecule has 0 amide bonds. The summed E-state index contributed by atoms with van der Waals surface area (Å²) in [5.74, 6) is 2.14. The quantitative estimate of drug-likeness (QED) is 0.0659. The number of anilines is 19. The molecule has 0 unspecified atom stereocenters. The van der Waals surface area contributed by atoms with Crippen LogP contribution in [0.5, 0.6) is 0 Å². The van der Waals surface area contributed by atoms with E-state index in [0.29, 0.717) is 80.8 Å². The van der Waals surface area contributed by atoms with Gasteiger partial charge in [-0.05, 0) is 236 Å². The van der Waals surface area contributed by atoms with Crippen molar-refractivity contribution in [3.8, 4) is 0 Å². The zero-order valence-electron chi connectivity index (χ0n) is 64.7. The fourth-order valence-corrected chi connectivity index (χ4v) is 10.8. The second-order valence-electron chi connectivity index (χ2n) is 28.4. The second-order valence-corrected chi connectivity index (χ2v) is 28.4. The number of hydrogen-bond acceptors (Lipinski definition) is 19. The fraction of sp³-hybridized carbons (Fsp3) is 0.400. The maximum Gasteiger partial charge on any atom is 0.0781 e. The maximum atomic E-state index is 6.28. The Morgan fingerprint density at radius 3 is 0.889 bits per heavy atom. The van der Waals surface area contributed by atoms with E-state index in [0.717, 1.165) is 136 Å². The Balaban J connectivity index is 0.000000569. The number of para-hydroxylation sites is 1. The minimum absolute atomic E-state index is 0.0515. The van der Waals surface area contributed by atoms with Gasteiger partial charge in [-0.1, -0.05) is 140 Å². The Morgan fingerprint density at radius 2 is 0.586 bits per heavy atom. The third kappa shape index (κ3) is 23.6. The average Bonchev–Trinajstić information content (AvgIpc) is 0.796.